The molecule has 6 rings (SSSR count). The van der Waals surface area contributed by atoms with E-state index in [1.807, 2.05) is 32.9 Å². The number of hydrogen-bond donors (Lipinski definition) is 0. The number of halogens is 2. The molecule has 2 fully saturated rings. The van der Waals surface area contributed by atoms with Crippen LogP contribution < -0.4 is 9.64 Å². The summed E-state index contributed by atoms with van der Waals surface area (Å²) in [6.07, 6.45) is 3.58. The SMILES string of the molecule is COc1cnc2c(F)c(-c3cccc4ccc(F)c(C#C[Si](C(C)C)(C(C)C)C(C)C)c34)ncc2c1N1C[C@@H]2[C@H]1CCN2C(=O)OC(C)(C)C. The second-order valence-corrected chi connectivity index (χ2v) is 21.2. The van der Waals surface area contributed by atoms with Crippen LogP contribution in [0.5, 0.6) is 5.75 Å². The second kappa shape index (κ2) is 13.1. The summed E-state index contributed by atoms with van der Waals surface area (Å²) >= 11 is 0. The summed E-state index contributed by atoms with van der Waals surface area (Å²) in [5, 5.41) is 1.80. The minimum atomic E-state index is -2.19. The van der Waals surface area contributed by atoms with Crippen molar-refractivity contribution in [1.29, 1.82) is 0 Å². The smallest absolute Gasteiger partial charge is 0.410 e. The fourth-order valence-electron chi connectivity index (χ4n) is 8.43. The first-order valence-electron chi connectivity index (χ1n) is 17.6. The van der Waals surface area contributed by atoms with Gasteiger partial charge in [-0.25, -0.2) is 18.6 Å². The zero-order valence-electron chi connectivity index (χ0n) is 30.8. The van der Waals surface area contributed by atoms with Crippen molar-refractivity contribution in [3.05, 3.63) is 59.9 Å². The van der Waals surface area contributed by atoms with Crippen LogP contribution in [0, 0.1) is 23.1 Å². The minimum absolute atomic E-state index is 0.0186. The lowest BCUT2D eigenvalue weighted by atomic mass is 9.94. The standard InChI is InChI=1S/C40H48F2N4O3Si/c1-23(2)50(24(3)4,25(5)6)19-17-27-30(41)15-14-26-12-11-13-28(34(26)27)36-35(42)37-29(20-43-36)38(33(48-10)21-44-37)46-22-32-31(46)16-18-45(32)39(47)49-40(7,8)9/h11-15,20-21,23-25,31-32H,16,18,22H2,1-10H3/t31-,32-/m1/s1. The lowest BCUT2D eigenvalue weighted by molar-refractivity contribution is 0.0194. The van der Waals surface area contributed by atoms with Gasteiger partial charge in [0, 0.05) is 35.6 Å². The Balaban J connectivity index is 1.45. The minimum Gasteiger partial charge on any atom is -0.493 e. The first-order valence-corrected chi connectivity index (χ1v) is 19.9. The Kier molecular flexibility index (Phi) is 9.36. The number of ether oxygens (including phenoxy) is 2. The lowest BCUT2D eigenvalue weighted by Gasteiger charge is -2.48. The molecule has 2 aliphatic rings. The van der Waals surface area contributed by atoms with Crippen LogP contribution in [0.25, 0.3) is 32.9 Å². The predicted molar refractivity (Wildman–Crippen MR) is 199 cm³/mol. The maximum absolute atomic E-state index is 16.8. The van der Waals surface area contributed by atoms with Crippen LogP contribution >= 0.6 is 0 Å². The van der Waals surface area contributed by atoms with Crippen molar-refractivity contribution in [1.82, 2.24) is 14.9 Å². The van der Waals surface area contributed by atoms with Crippen LogP contribution in [-0.4, -0.2) is 66.9 Å². The zero-order chi connectivity index (χ0) is 36.3. The summed E-state index contributed by atoms with van der Waals surface area (Å²) < 4.78 is 44.0. The van der Waals surface area contributed by atoms with Gasteiger partial charge >= 0.3 is 6.09 Å². The molecular formula is C40H48F2N4O3Si. The Morgan fingerprint density at radius 3 is 2.32 bits per heavy atom. The summed E-state index contributed by atoms with van der Waals surface area (Å²) in [6, 6.07) is 8.64. The fourth-order valence-corrected chi connectivity index (χ4v) is 13.6. The molecule has 0 unspecified atom stereocenters. The second-order valence-electron chi connectivity index (χ2n) is 15.6. The first kappa shape index (κ1) is 35.6. The maximum Gasteiger partial charge on any atom is 0.410 e. The average molecular weight is 699 g/mol. The Morgan fingerprint density at radius 2 is 1.68 bits per heavy atom. The maximum atomic E-state index is 16.8. The monoisotopic (exact) mass is 698 g/mol. The number of fused-ring (bicyclic) bond motifs is 3. The molecule has 0 spiro atoms. The molecule has 2 saturated heterocycles. The van der Waals surface area contributed by atoms with E-state index in [0.717, 1.165) is 11.8 Å². The number of methoxy groups -OCH3 is 1. The summed E-state index contributed by atoms with van der Waals surface area (Å²) in [4.78, 5) is 26.1. The third-order valence-corrected chi connectivity index (χ3v) is 17.0. The predicted octanol–water partition coefficient (Wildman–Crippen LogP) is 9.50. The highest BCUT2D eigenvalue weighted by Gasteiger charge is 2.51. The summed E-state index contributed by atoms with van der Waals surface area (Å²) in [5.41, 5.74) is 5.83. The molecule has 0 radical (unpaired) electrons. The van der Waals surface area contributed by atoms with Crippen molar-refractivity contribution in [2.45, 2.75) is 103 Å². The van der Waals surface area contributed by atoms with Gasteiger partial charge in [-0.15, -0.1) is 5.54 Å². The molecule has 2 aliphatic heterocycles. The Labute approximate surface area is 295 Å². The molecular weight excluding hydrogens is 651 g/mol. The number of hydrogen-bond acceptors (Lipinski definition) is 6. The molecule has 10 heteroatoms. The molecule has 0 N–H and O–H groups in total. The van der Waals surface area contributed by atoms with E-state index in [1.165, 1.54) is 12.3 Å². The Morgan fingerprint density at radius 1 is 0.980 bits per heavy atom. The van der Waals surface area contributed by atoms with Crippen molar-refractivity contribution in [3.63, 3.8) is 0 Å². The van der Waals surface area contributed by atoms with E-state index >= 15 is 8.78 Å². The van der Waals surface area contributed by atoms with Gasteiger partial charge in [0.05, 0.1) is 36.6 Å². The number of likely N-dealkylation sites (tertiary alicyclic amines) is 1. The molecule has 7 nitrogen and oxygen atoms in total. The quantitative estimate of drug-likeness (QED) is 0.148. The van der Waals surface area contributed by atoms with E-state index in [2.05, 4.69) is 62.9 Å². The summed E-state index contributed by atoms with van der Waals surface area (Å²) in [6.45, 7) is 20.0. The number of carbonyl (C=O) groups is 1. The highest BCUT2D eigenvalue weighted by Crippen LogP contribution is 2.46. The third-order valence-electron chi connectivity index (χ3n) is 10.7. The third kappa shape index (κ3) is 5.87. The van der Waals surface area contributed by atoms with Crippen molar-refractivity contribution >= 4 is 41.5 Å². The van der Waals surface area contributed by atoms with E-state index in [-0.39, 0.29) is 35.0 Å². The number of aromatic nitrogens is 2. The fraction of sp³-hybridized carbons (Fsp3) is 0.475. The van der Waals surface area contributed by atoms with Gasteiger partial charge in [-0.1, -0.05) is 71.7 Å². The molecule has 1 amide bonds. The number of benzene rings is 2. The highest BCUT2D eigenvalue weighted by atomic mass is 28.3. The molecule has 0 saturated carbocycles. The number of carbonyl (C=O) groups excluding carboxylic acids is 1. The van der Waals surface area contributed by atoms with Gasteiger partial charge in [0.25, 0.3) is 0 Å². The van der Waals surface area contributed by atoms with E-state index in [9.17, 15) is 4.79 Å². The molecule has 4 aromatic rings. The number of amides is 1. The summed E-state index contributed by atoms with van der Waals surface area (Å²) in [5.74, 6) is 2.78. The molecule has 4 heterocycles. The van der Waals surface area contributed by atoms with Crippen molar-refractivity contribution in [2.75, 3.05) is 25.1 Å². The zero-order valence-corrected chi connectivity index (χ0v) is 31.8. The average Bonchev–Trinajstić information content (AvgIpc) is 3.37. The van der Waals surface area contributed by atoms with Gasteiger partial charge in [-0.2, -0.15) is 0 Å². The number of anilines is 1. The van der Waals surface area contributed by atoms with Gasteiger partial charge in [-0.3, -0.25) is 4.98 Å². The molecule has 50 heavy (non-hydrogen) atoms. The van der Waals surface area contributed by atoms with Crippen LogP contribution in [0.3, 0.4) is 0 Å². The molecule has 0 aliphatic carbocycles. The van der Waals surface area contributed by atoms with Gasteiger partial charge in [0.2, 0.25) is 0 Å². The van der Waals surface area contributed by atoms with Gasteiger partial charge in [0.1, 0.15) is 30.7 Å². The van der Waals surface area contributed by atoms with E-state index < -0.39 is 25.3 Å². The molecule has 2 aromatic heterocycles. The Bertz CT molecular complexity index is 2010. The van der Waals surface area contributed by atoms with Crippen molar-refractivity contribution < 1.29 is 23.0 Å². The van der Waals surface area contributed by atoms with Crippen LogP contribution in [-0.2, 0) is 4.74 Å². The Hall–Kier alpha value is -4.23. The van der Waals surface area contributed by atoms with Crippen molar-refractivity contribution in [2.24, 2.45) is 0 Å². The molecule has 2 atom stereocenters. The lowest BCUT2D eigenvalue weighted by Crippen LogP contribution is -2.63. The van der Waals surface area contributed by atoms with Crippen LogP contribution in [0.4, 0.5) is 19.3 Å². The number of rotatable bonds is 6. The number of nitrogens with zero attached hydrogens (tertiary/aromatic N) is 4. The van der Waals surface area contributed by atoms with Crippen LogP contribution in [0.15, 0.2) is 42.7 Å². The largest absolute Gasteiger partial charge is 0.493 e. The van der Waals surface area contributed by atoms with Crippen LogP contribution in [0.1, 0.15) is 74.3 Å². The highest BCUT2D eigenvalue weighted by molar-refractivity contribution is 6.90. The molecule has 0 bridgehead atoms. The van der Waals surface area contributed by atoms with E-state index in [1.54, 1.807) is 30.3 Å². The van der Waals surface area contributed by atoms with Gasteiger partial charge < -0.3 is 19.3 Å². The topological polar surface area (TPSA) is 67.8 Å². The normalized spacial score (nSPS) is 17.7. The number of pyridine rings is 2. The van der Waals surface area contributed by atoms with Crippen LogP contribution in [0.2, 0.25) is 16.6 Å². The van der Waals surface area contributed by atoms with Gasteiger partial charge in [-0.05, 0) is 55.3 Å². The first-order chi connectivity index (χ1) is 23.6. The molecule has 264 valence electrons. The van der Waals surface area contributed by atoms with E-state index in [4.69, 9.17) is 14.5 Å². The van der Waals surface area contributed by atoms with E-state index in [0.29, 0.717) is 57.5 Å². The molecule has 2 aromatic carbocycles. The van der Waals surface area contributed by atoms with Crippen molar-refractivity contribution in [3.8, 4) is 28.5 Å². The summed E-state index contributed by atoms with van der Waals surface area (Å²) in [7, 11) is -0.631. The van der Waals surface area contributed by atoms with Gasteiger partial charge in [0.15, 0.2) is 11.6 Å².